The molecule has 1 heterocycles. The van der Waals surface area contributed by atoms with Gasteiger partial charge in [-0.3, -0.25) is 0 Å². The molecule has 0 aliphatic carbocycles. The molecule has 1 aromatic heterocycles. The van der Waals surface area contributed by atoms with Gasteiger partial charge in [0.2, 0.25) is 0 Å². The molecule has 2 heteroatoms. The zero-order chi connectivity index (χ0) is 19.7. The average Bonchev–Trinajstić information content (AvgIpc) is 3.10. The molecular formula is C26H27NS. The summed E-state index contributed by atoms with van der Waals surface area (Å²) in [6.07, 6.45) is 3.54. The fourth-order valence-electron chi connectivity index (χ4n) is 4.00. The van der Waals surface area contributed by atoms with Crippen LogP contribution in [0, 0.1) is 11.8 Å². The third-order valence-corrected chi connectivity index (χ3v) is 6.89. The quantitative estimate of drug-likeness (QED) is 0.484. The number of hydrogen-bond acceptors (Lipinski definition) is 2. The molecule has 0 bridgehead atoms. The van der Waals surface area contributed by atoms with Crippen LogP contribution in [-0.2, 0) is 0 Å². The molecule has 4 rings (SSSR count). The Bertz CT molecular complexity index is 1250. The minimum Gasteiger partial charge on any atom is -0.398 e. The number of fused-ring (bicyclic) bond motifs is 3. The lowest BCUT2D eigenvalue weighted by Gasteiger charge is -2.14. The van der Waals surface area contributed by atoms with E-state index in [-0.39, 0.29) is 0 Å². The Labute approximate surface area is 170 Å². The van der Waals surface area contributed by atoms with Gasteiger partial charge in [0.05, 0.1) is 0 Å². The molecule has 1 nitrogen and oxygen atoms in total. The molecule has 28 heavy (non-hydrogen) atoms. The first kappa shape index (κ1) is 18.8. The summed E-state index contributed by atoms with van der Waals surface area (Å²) in [6.45, 7) is 6.84. The van der Waals surface area contributed by atoms with Gasteiger partial charge in [-0.25, -0.2) is 0 Å². The number of rotatable bonds is 4. The van der Waals surface area contributed by atoms with Crippen molar-refractivity contribution in [1.29, 1.82) is 0 Å². The maximum atomic E-state index is 6.80. The average molecular weight is 386 g/mol. The van der Waals surface area contributed by atoms with E-state index in [9.17, 15) is 0 Å². The molecule has 0 aliphatic rings. The molecule has 2 N–H and O–H groups in total. The highest BCUT2D eigenvalue weighted by atomic mass is 32.1. The fourth-order valence-corrected chi connectivity index (χ4v) is 5.23. The van der Waals surface area contributed by atoms with Gasteiger partial charge in [-0.2, -0.15) is 0 Å². The van der Waals surface area contributed by atoms with Gasteiger partial charge < -0.3 is 5.73 Å². The standard InChI is InChI=1S/C26H27NS/c1-4-18(17(2)3)16-19-10-5-6-11-20(19)25(27)23-14-9-13-22-21-12-7-8-15-24(21)28-26(22)23/h5-18H,4,27H2,1-3H3/b19-16-,25-20-. The summed E-state index contributed by atoms with van der Waals surface area (Å²) in [5.74, 6) is 1.17. The molecule has 0 saturated carbocycles. The summed E-state index contributed by atoms with van der Waals surface area (Å²) in [7, 11) is 0. The van der Waals surface area contributed by atoms with Gasteiger partial charge in [0, 0.05) is 36.7 Å². The van der Waals surface area contributed by atoms with Gasteiger partial charge in [0.1, 0.15) is 0 Å². The predicted octanol–water partition coefficient (Wildman–Crippen LogP) is 5.63. The minimum absolute atomic E-state index is 0.550. The molecule has 0 spiro atoms. The normalized spacial score (nSPS) is 14.8. The second-order valence-electron chi connectivity index (χ2n) is 7.76. The van der Waals surface area contributed by atoms with Crippen LogP contribution in [0.15, 0.2) is 66.7 Å². The zero-order valence-electron chi connectivity index (χ0n) is 16.8. The molecule has 3 aromatic carbocycles. The number of thiophene rings is 1. The van der Waals surface area contributed by atoms with E-state index >= 15 is 0 Å². The third-order valence-electron chi connectivity index (χ3n) is 5.67. The van der Waals surface area contributed by atoms with Crippen LogP contribution in [0.4, 0.5) is 0 Å². The first-order valence-corrected chi connectivity index (χ1v) is 10.9. The van der Waals surface area contributed by atoms with Crippen LogP contribution in [0.1, 0.15) is 32.8 Å². The van der Waals surface area contributed by atoms with E-state index in [0.29, 0.717) is 11.8 Å². The summed E-state index contributed by atoms with van der Waals surface area (Å²) in [5, 5.41) is 4.96. The Morgan fingerprint density at radius 2 is 1.64 bits per heavy atom. The zero-order valence-corrected chi connectivity index (χ0v) is 17.6. The minimum atomic E-state index is 0.550. The van der Waals surface area contributed by atoms with E-state index in [4.69, 9.17) is 5.73 Å². The van der Waals surface area contributed by atoms with Gasteiger partial charge in [-0.1, -0.05) is 87.5 Å². The highest BCUT2D eigenvalue weighted by molar-refractivity contribution is 7.26. The summed E-state index contributed by atoms with van der Waals surface area (Å²) in [6, 6.07) is 23.6. The number of nitrogens with two attached hydrogens (primary N) is 1. The molecular weight excluding hydrogens is 358 g/mol. The Morgan fingerprint density at radius 1 is 0.929 bits per heavy atom. The molecule has 0 aliphatic heterocycles. The van der Waals surface area contributed by atoms with Crippen molar-refractivity contribution in [2.24, 2.45) is 17.6 Å². The highest BCUT2D eigenvalue weighted by Crippen LogP contribution is 2.36. The van der Waals surface area contributed by atoms with E-state index in [0.717, 1.165) is 22.9 Å². The second-order valence-corrected chi connectivity index (χ2v) is 8.82. The van der Waals surface area contributed by atoms with E-state index < -0.39 is 0 Å². The third kappa shape index (κ3) is 3.33. The lowest BCUT2D eigenvalue weighted by Crippen LogP contribution is -2.31. The highest BCUT2D eigenvalue weighted by Gasteiger charge is 2.11. The van der Waals surface area contributed by atoms with Crippen molar-refractivity contribution in [3.05, 3.63) is 82.7 Å². The van der Waals surface area contributed by atoms with E-state index in [1.165, 1.54) is 25.4 Å². The van der Waals surface area contributed by atoms with Gasteiger partial charge >= 0.3 is 0 Å². The van der Waals surface area contributed by atoms with E-state index in [1.807, 2.05) is 11.3 Å². The van der Waals surface area contributed by atoms with E-state index in [2.05, 4.69) is 93.6 Å². The van der Waals surface area contributed by atoms with Crippen LogP contribution in [-0.4, -0.2) is 0 Å². The van der Waals surface area contributed by atoms with Crippen molar-refractivity contribution in [1.82, 2.24) is 0 Å². The van der Waals surface area contributed by atoms with Crippen LogP contribution >= 0.6 is 11.3 Å². The number of benzene rings is 3. The molecule has 0 amide bonds. The smallest absolute Gasteiger partial charge is 0.0481 e. The van der Waals surface area contributed by atoms with Crippen LogP contribution in [0.25, 0.3) is 31.9 Å². The largest absolute Gasteiger partial charge is 0.398 e. The Hall–Kier alpha value is -2.58. The maximum absolute atomic E-state index is 6.80. The first-order valence-electron chi connectivity index (χ1n) is 10.1. The molecule has 0 fully saturated rings. The lowest BCUT2D eigenvalue weighted by molar-refractivity contribution is 0.476. The van der Waals surface area contributed by atoms with Crippen molar-refractivity contribution in [2.45, 2.75) is 27.2 Å². The van der Waals surface area contributed by atoms with Gasteiger partial charge in [-0.15, -0.1) is 11.3 Å². The summed E-state index contributed by atoms with van der Waals surface area (Å²) < 4.78 is 2.58. The monoisotopic (exact) mass is 385 g/mol. The van der Waals surface area contributed by atoms with Crippen molar-refractivity contribution >= 4 is 43.3 Å². The SMILES string of the molecule is CCC(/C=c1/cccc/c1=C(/N)c1cccc2c1sc1ccccc12)C(C)C. The topological polar surface area (TPSA) is 26.0 Å². The van der Waals surface area contributed by atoms with Crippen LogP contribution < -0.4 is 16.2 Å². The summed E-state index contributed by atoms with van der Waals surface area (Å²) >= 11 is 1.83. The first-order chi connectivity index (χ1) is 13.6. The molecule has 1 unspecified atom stereocenters. The van der Waals surface area contributed by atoms with Crippen molar-refractivity contribution < 1.29 is 0 Å². The second kappa shape index (κ2) is 7.81. The maximum Gasteiger partial charge on any atom is 0.0481 e. The lowest BCUT2D eigenvalue weighted by atomic mass is 9.91. The summed E-state index contributed by atoms with van der Waals surface area (Å²) in [4.78, 5) is 0. The van der Waals surface area contributed by atoms with Gasteiger partial charge in [0.15, 0.2) is 0 Å². The van der Waals surface area contributed by atoms with Crippen molar-refractivity contribution in [3.63, 3.8) is 0 Å². The fraction of sp³-hybridized carbons (Fsp3) is 0.231. The van der Waals surface area contributed by atoms with Crippen molar-refractivity contribution in [2.75, 3.05) is 0 Å². The molecule has 0 saturated heterocycles. The predicted molar refractivity (Wildman–Crippen MR) is 125 cm³/mol. The molecule has 4 aromatic rings. The molecule has 0 radical (unpaired) electrons. The molecule has 1 atom stereocenters. The Balaban J connectivity index is 2.01. The van der Waals surface area contributed by atoms with Crippen LogP contribution in [0.2, 0.25) is 0 Å². The Kier molecular flexibility index (Phi) is 5.23. The van der Waals surface area contributed by atoms with Gasteiger partial charge in [-0.05, 0) is 29.5 Å². The van der Waals surface area contributed by atoms with E-state index in [1.54, 1.807) is 0 Å². The van der Waals surface area contributed by atoms with Gasteiger partial charge in [0.25, 0.3) is 0 Å². The van der Waals surface area contributed by atoms with Crippen LogP contribution in [0.3, 0.4) is 0 Å². The molecule has 142 valence electrons. The summed E-state index contributed by atoms with van der Waals surface area (Å²) in [5.41, 5.74) is 8.80. The van der Waals surface area contributed by atoms with Crippen molar-refractivity contribution in [3.8, 4) is 0 Å². The number of hydrogen-bond donors (Lipinski definition) is 1. The Morgan fingerprint density at radius 3 is 2.43 bits per heavy atom. The van der Waals surface area contributed by atoms with Crippen LogP contribution in [0.5, 0.6) is 0 Å².